The van der Waals surface area contributed by atoms with E-state index in [-0.39, 0.29) is 15.2 Å². The fourth-order valence-corrected chi connectivity index (χ4v) is 3.00. The number of fused-ring (bicyclic) bond motifs is 1. The van der Waals surface area contributed by atoms with Crippen molar-refractivity contribution < 1.29 is 20.1 Å². The summed E-state index contributed by atoms with van der Waals surface area (Å²) in [5.74, 6) is 0. The lowest BCUT2D eigenvalue weighted by atomic mass is 10.1. The fourth-order valence-electron chi connectivity index (χ4n) is 2.44. The number of hydrogen-bond acceptors (Lipinski definition) is 5. The molecule has 1 aliphatic heterocycles. The number of pyridine rings is 1. The van der Waals surface area contributed by atoms with Gasteiger partial charge in [-0.2, -0.15) is 0 Å². The Hall–Kier alpha value is -0.600. The van der Waals surface area contributed by atoms with Crippen LogP contribution in [0.25, 0.3) is 5.65 Å². The first-order valence-electron chi connectivity index (χ1n) is 6.09. The van der Waals surface area contributed by atoms with Gasteiger partial charge in [0.05, 0.1) is 17.3 Å². The predicted molar refractivity (Wildman–Crippen MR) is 76.9 cm³/mol. The van der Waals surface area contributed by atoms with E-state index in [2.05, 4.69) is 4.98 Å². The molecule has 2 aromatic rings. The molecule has 9 heteroatoms. The van der Waals surface area contributed by atoms with Crippen molar-refractivity contribution in [2.24, 2.45) is 0 Å². The number of hydrogen-bond donors (Lipinski definition) is 3. The number of halogens is 3. The molecule has 1 fully saturated rings. The second-order valence-electron chi connectivity index (χ2n) is 4.75. The molecule has 1 aliphatic rings. The number of imidazole rings is 1. The van der Waals surface area contributed by atoms with Gasteiger partial charge in [-0.25, -0.2) is 4.98 Å². The molecule has 0 amide bonds. The van der Waals surface area contributed by atoms with Crippen molar-refractivity contribution in [3.8, 4) is 0 Å². The highest BCUT2D eigenvalue weighted by Crippen LogP contribution is 2.38. The Bertz CT molecular complexity index is 693. The van der Waals surface area contributed by atoms with Gasteiger partial charge in [-0.1, -0.05) is 34.8 Å². The summed E-state index contributed by atoms with van der Waals surface area (Å²) in [6.07, 6.45) is -2.69. The third kappa shape index (κ3) is 2.41. The van der Waals surface area contributed by atoms with E-state index in [1.807, 2.05) is 0 Å². The van der Waals surface area contributed by atoms with Gasteiger partial charge < -0.3 is 20.1 Å². The summed E-state index contributed by atoms with van der Waals surface area (Å²) in [6, 6.07) is 1.51. The number of rotatable bonds is 2. The molecule has 0 bridgehead atoms. The van der Waals surface area contributed by atoms with Gasteiger partial charge in [-0.05, 0) is 6.07 Å². The van der Waals surface area contributed by atoms with Crippen molar-refractivity contribution in [1.29, 1.82) is 0 Å². The van der Waals surface area contributed by atoms with Gasteiger partial charge in [0.25, 0.3) is 0 Å². The highest BCUT2D eigenvalue weighted by molar-refractivity contribution is 6.44. The minimum atomic E-state index is -1.22. The Kier molecular flexibility index (Phi) is 4.04. The second kappa shape index (κ2) is 5.55. The Labute approximate surface area is 134 Å². The van der Waals surface area contributed by atoms with Gasteiger partial charge in [0, 0.05) is 6.20 Å². The van der Waals surface area contributed by atoms with E-state index in [1.165, 1.54) is 16.7 Å². The Morgan fingerprint density at radius 1 is 1.24 bits per heavy atom. The Morgan fingerprint density at radius 3 is 2.57 bits per heavy atom. The summed E-state index contributed by atoms with van der Waals surface area (Å²) in [7, 11) is 0. The van der Waals surface area contributed by atoms with Crippen LogP contribution in [0.4, 0.5) is 0 Å². The number of aliphatic hydroxyl groups is 3. The number of ether oxygens (including phenoxy) is 1. The van der Waals surface area contributed by atoms with Crippen molar-refractivity contribution in [3.63, 3.8) is 0 Å². The zero-order valence-corrected chi connectivity index (χ0v) is 12.7. The summed E-state index contributed by atoms with van der Waals surface area (Å²) in [4.78, 5) is 4.05. The molecule has 2 aromatic heterocycles. The van der Waals surface area contributed by atoms with Crippen LogP contribution in [-0.2, 0) is 4.74 Å². The van der Waals surface area contributed by atoms with Gasteiger partial charge >= 0.3 is 0 Å². The number of aliphatic hydroxyl groups excluding tert-OH is 3. The quantitative estimate of drug-likeness (QED) is 0.761. The van der Waals surface area contributed by atoms with Gasteiger partial charge in [-0.15, -0.1) is 0 Å². The Morgan fingerprint density at radius 2 is 1.95 bits per heavy atom. The van der Waals surface area contributed by atoms with Gasteiger partial charge in [-0.3, -0.25) is 4.40 Å². The zero-order chi connectivity index (χ0) is 15.3. The average molecular weight is 354 g/mol. The van der Waals surface area contributed by atoms with E-state index in [0.717, 1.165) is 0 Å². The molecule has 21 heavy (non-hydrogen) atoms. The molecule has 3 N–H and O–H groups in total. The van der Waals surface area contributed by atoms with Crippen molar-refractivity contribution in [2.45, 2.75) is 24.4 Å². The molecule has 0 aromatic carbocycles. The molecule has 0 saturated carbocycles. The summed E-state index contributed by atoms with van der Waals surface area (Å²) in [5, 5.41) is 29.8. The van der Waals surface area contributed by atoms with Crippen molar-refractivity contribution in [1.82, 2.24) is 9.38 Å². The first-order chi connectivity index (χ1) is 9.93. The highest BCUT2D eigenvalue weighted by atomic mass is 35.5. The van der Waals surface area contributed by atoms with Gasteiger partial charge in [0.15, 0.2) is 5.65 Å². The average Bonchev–Trinajstić information content (AvgIpc) is 2.97. The second-order valence-corrected chi connectivity index (χ2v) is 5.92. The van der Waals surface area contributed by atoms with Crippen LogP contribution in [0, 0.1) is 0 Å². The molecule has 4 atom stereocenters. The van der Waals surface area contributed by atoms with Crippen LogP contribution in [0.2, 0.25) is 15.2 Å². The SMILES string of the molecule is OC[C@H]1OC(c2cc(Cl)c(Cl)c3nc(Cl)cn23)[C@@H](O)[C@H]1O. The van der Waals surface area contributed by atoms with Crippen LogP contribution in [-0.4, -0.2) is 49.6 Å². The van der Waals surface area contributed by atoms with E-state index in [4.69, 9.17) is 44.6 Å². The van der Waals surface area contributed by atoms with Gasteiger partial charge in [0.2, 0.25) is 0 Å². The lowest BCUT2D eigenvalue weighted by Crippen LogP contribution is -2.32. The lowest BCUT2D eigenvalue weighted by molar-refractivity contribution is -0.0242. The monoisotopic (exact) mass is 352 g/mol. The fraction of sp³-hybridized carbons (Fsp3) is 0.417. The van der Waals surface area contributed by atoms with Crippen molar-refractivity contribution in [2.75, 3.05) is 6.61 Å². The minimum Gasteiger partial charge on any atom is -0.394 e. The van der Waals surface area contributed by atoms with Crippen LogP contribution < -0.4 is 0 Å². The summed E-state index contributed by atoms with van der Waals surface area (Å²) in [5.41, 5.74) is 0.753. The highest BCUT2D eigenvalue weighted by Gasteiger charge is 2.44. The minimum absolute atomic E-state index is 0.201. The standard InChI is InChI=1S/C12H11Cl3N2O4/c13-4-1-5(11-10(20)9(19)6(3-18)21-11)17-2-7(14)16-12(17)8(4)15/h1-2,6,9-11,18-20H,3H2/t6-,9+,10+,11?/m1/s1. The molecule has 1 saturated heterocycles. The molecular formula is C12H11Cl3N2O4. The number of aromatic nitrogens is 2. The smallest absolute Gasteiger partial charge is 0.159 e. The van der Waals surface area contributed by atoms with Crippen LogP contribution >= 0.6 is 34.8 Å². The molecule has 0 spiro atoms. The van der Waals surface area contributed by atoms with E-state index in [0.29, 0.717) is 11.3 Å². The lowest BCUT2D eigenvalue weighted by Gasteiger charge is -2.17. The third-order valence-electron chi connectivity index (χ3n) is 3.47. The first kappa shape index (κ1) is 15.3. The van der Waals surface area contributed by atoms with E-state index in [9.17, 15) is 10.2 Å². The normalized spacial score (nSPS) is 29.4. The topological polar surface area (TPSA) is 87.2 Å². The van der Waals surface area contributed by atoms with E-state index < -0.39 is 31.0 Å². The maximum absolute atomic E-state index is 10.1. The molecule has 0 aliphatic carbocycles. The number of nitrogens with zero attached hydrogens (tertiary/aromatic N) is 2. The molecule has 6 nitrogen and oxygen atoms in total. The molecule has 114 valence electrons. The molecular weight excluding hydrogens is 343 g/mol. The van der Waals surface area contributed by atoms with E-state index >= 15 is 0 Å². The summed E-state index contributed by atoms with van der Waals surface area (Å²) in [6.45, 7) is -0.413. The Balaban J connectivity index is 2.15. The van der Waals surface area contributed by atoms with Crippen LogP contribution in [0.15, 0.2) is 12.3 Å². The van der Waals surface area contributed by atoms with Crippen LogP contribution in [0.3, 0.4) is 0 Å². The van der Waals surface area contributed by atoms with E-state index in [1.54, 1.807) is 0 Å². The predicted octanol–water partition coefficient (Wildman–Crippen LogP) is 1.45. The molecule has 3 rings (SSSR count). The first-order valence-corrected chi connectivity index (χ1v) is 7.22. The maximum Gasteiger partial charge on any atom is 0.159 e. The van der Waals surface area contributed by atoms with Crippen LogP contribution in [0.5, 0.6) is 0 Å². The zero-order valence-electron chi connectivity index (χ0n) is 10.4. The molecule has 3 heterocycles. The van der Waals surface area contributed by atoms with Crippen LogP contribution in [0.1, 0.15) is 11.8 Å². The maximum atomic E-state index is 10.1. The summed E-state index contributed by atoms with van der Waals surface area (Å²) < 4.78 is 7.03. The third-order valence-corrected chi connectivity index (χ3v) is 4.42. The van der Waals surface area contributed by atoms with Crippen molar-refractivity contribution in [3.05, 3.63) is 33.2 Å². The van der Waals surface area contributed by atoms with Crippen molar-refractivity contribution >= 4 is 40.4 Å². The molecule has 1 unspecified atom stereocenters. The molecule has 0 radical (unpaired) electrons. The van der Waals surface area contributed by atoms with Gasteiger partial charge in [0.1, 0.15) is 34.6 Å². The largest absolute Gasteiger partial charge is 0.394 e. The summed E-state index contributed by atoms with van der Waals surface area (Å²) >= 11 is 18.0.